The van der Waals surface area contributed by atoms with Crippen molar-refractivity contribution in [1.82, 2.24) is 0 Å². The third-order valence-corrected chi connectivity index (χ3v) is 2.92. The zero-order valence-corrected chi connectivity index (χ0v) is 17.3. The van der Waals surface area contributed by atoms with Crippen molar-refractivity contribution in [1.29, 1.82) is 0 Å². The van der Waals surface area contributed by atoms with Crippen molar-refractivity contribution < 1.29 is 54.2 Å². The molecule has 1 aliphatic rings. The van der Waals surface area contributed by atoms with Gasteiger partial charge in [0.15, 0.2) is 0 Å². The van der Waals surface area contributed by atoms with E-state index in [9.17, 15) is 0 Å². The third-order valence-electron chi connectivity index (χ3n) is 2.92. The molecule has 1 nitrogen and oxygen atoms in total. The van der Waals surface area contributed by atoms with Crippen LogP contribution in [-0.4, -0.2) is 15.4 Å². The number of allylic oxidation sites excluding steroid dienone is 4. The fourth-order valence-corrected chi connectivity index (χ4v) is 1.96. The number of hydrogen-bond donors (Lipinski definition) is 1. The number of aliphatic hydroxyl groups excluding tert-OH is 1. The summed E-state index contributed by atoms with van der Waals surface area (Å²) < 4.78 is 2.09. The number of benzene rings is 1. The smallest absolute Gasteiger partial charge is 0.0433 e. The van der Waals surface area contributed by atoms with Gasteiger partial charge in [-0.2, -0.15) is 23.6 Å². The predicted octanol–water partition coefficient (Wildman–Crippen LogP) is -1.63. The van der Waals surface area contributed by atoms with Gasteiger partial charge in [0.25, 0.3) is 0 Å². The topological polar surface area (TPSA) is 20.2 Å². The minimum Gasteiger partial charge on any atom is -1.00 e. The fraction of sp³-hybridized carbons (Fsp3) is 0.263. The van der Waals surface area contributed by atoms with Crippen LogP contribution in [0.1, 0.15) is 26.2 Å². The van der Waals surface area contributed by atoms with Gasteiger partial charge in [-0.15, -0.1) is 36.1 Å². The van der Waals surface area contributed by atoms with Crippen LogP contribution in [0.5, 0.6) is 0 Å². The van der Waals surface area contributed by atoms with Crippen molar-refractivity contribution in [3.63, 3.8) is 0 Å². The van der Waals surface area contributed by atoms with E-state index in [1.54, 1.807) is 0 Å². The molecule has 0 saturated heterocycles. The molecule has 124 valence electrons. The van der Waals surface area contributed by atoms with E-state index in [1.165, 1.54) is 40.6 Å². The van der Waals surface area contributed by atoms with Crippen molar-refractivity contribution in [3.05, 3.63) is 66.3 Å². The molecule has 0 spiro atoms. The summed E-state index contributed by atoms with van der Waals surface area (Å²) in [6.45, 7) is 2.33. The maximum Gasteiger partial charge on any atom is 0.0433 e. The Hall–Kier alpha value is -0.397. The normalized spacial score (nSPS) is 11.0. The second-order valence-corrected chi connectivity index (χ2v) is 6.00. The van der Waals surface area contributed by atoms with E-state index in [0.717, 1.165) is 19.3 Å². The molecule has 0 aliphatic heterocycles. The van der Waals surface area contributed by atoms with Crippen molar-refractivity contribution in [2.75, 3.05) is 6.61 Å². The van der Waals surface area contributed by atoms with Crippen LogP contribution in [0.25, 0.3) is 10.8 Å². The number of hydrogen-bond acceptors (Lipinski definition) is 1. The Bertz CT molecular complexity index is 558. The molecule has 0 saturated carbocycles. The molecule has 1 aliphatic carbocycles. The molecule has 2 aromatic carbocycles. The van der Waals surface area contributed by atoms with Crippen molar-refractivity contribution in [3.8, 4) is 0 Å². The summed E-state index contributed by atoms with van der Waals surface area (Å²) in [4.78, 5) is 0. The van der Waals surface area contributed by atoms with Crippen LogP contribution >= 0.6 is 0 Å². The second-order valence-electron chi connectivity index (χ2n) is 4.58. The minimum atomic E-state index is 0. The molecule has 0 bridgehead atoms. The molecule has 0 atom stereocenters. The Morgan fingerprint density at radius 2 is 1.96 bits per heavy atom. The van der Waals surface area contributed by atoms with E-state index in [-0.39, 0.29) is 24.8 Å². The number of fused-ring (bicyclic) bond motifs is 1. The first kappa shape index (κ1) is 24.9. The van der Waals surface area contributed by atoms with Crippen LogP contribution in [0.2, 0.25) is 0 Å². The first-order valence-corrected chi connectivity index (χ1v) is 8.66. The average Bonchev–Trinajstić information content (AvgIpc) is 3.18. The predicted molar refractivity (Wildman–Crippen MR) is 88.1 cm³/mol. The van der Waals surface area contributed by atoms with E-state index in [4.69, 9.17) is 5.11 Å². The fourth-order valence-electron chi connectivity index (χ4n) is 1.96. The summed E-state index contributed by atoms with van der Waals surface area (Å²) in [6, 6.07) is 14.7. The maximum absolute atomic E-state index is 8.46. The van der Waals surface area contributed by atoms with E-state index in [2.05, 4.69) is 64.4 Å². The van der Waals surface area contributed by atoms with Crippen molar-refractivity contribution in [2.45, 2.75) is 26.2 Å². The Balaban J connectivity index is 0. The van der Waals surface area contributed by atoms with Crippen LogP contribution in [0, 0.1) is 6.08 Å². The van der Waals surface area contributed by atoms with Crippen molar-refractivity contribution >= 4 is 14.5 Å². The quantitative estimate of drug-likeness (QED) is 0.583. The molecule has 0 aromatic heterocycles. The molecule has 0 heterocycles. The summed E-state index contributed by atoms with van der Waals surface area (Å²) in [5.41, 5.74) is 1.25. The first-order valence-electron chi connectivity index (χ1n) is 7.24. The Labute approximate surface area is 167 Å². The van der Waals surface area contributed by atoms with Gasteiger partial charge in [0.05, 0.1) is 0 Å². The molecule has 0 amide bonds. The van der Waals surface area contributed by atoms with Crippen molar-refractivity contribution in [2.24, 2.45) is 0 Å². The zero-order valence-electron chi connectivity index (χ0n) is 13.3. The monoisotopic (exact) mass is 426 g/mol. The van der Waals surface area contributed by atoms with E-state index in [1.807, 2.05) is 6.92 Å². The molecule has 0 fully saturated rings. The van der Waals surface area contributed by atoms with Gasteiger partial charge in [0.1, 0.15) is 0 Å². The van der Waals surface area contributed by atoms with Gasteiger partial charge < -0.3 is 29.9 Å². The van der Waals surface area contributed by atoms with Crippen LogP contribution < -0.4 is 24.8 Å². The van der Waals surface area contributed by atoms with Gasteiger partial charge >= 0.3 is 34.9 Å². The first-order chi connectivity index (χ1) is 10.3. The Morgan fingerprint density at radius 1 is 1.26 bits per heavy atom. The molecule has 0 radical (unpaired) electrons. The van der Waals surface area contributed by atoms with E-state index >= 15 is 0 Å². The molecule has 1 N–H and O–H groups in total. The van der Waals surface area contributed by atoms with Gasteiger partial charge in [0.2, 0.25) is 0 Å². The molecular weight excluding hydrogens is 406 g/mol. The number of aliphatic hydroxyl groups is 1. The van der Waals surface area contributed by atoms with Gasteiger partial charge in [-0.1, -0.05) is 12.5 Å². The largest absolute Gasteiger partial charge is 1.00 e. The molecule has 23 heavy (non-hydrogen) atoms. The van der Waals surface area contributed by atoms with Crippen LogP contribution in [-0.2, 0) is 24.2 Å². The molecule has 0 unspecified atom stereocenters. The second kappa shape index (κ2) is 16.5. The standard InChI is InChI=1S/C9H7.C8H11O.C2H4.2ClH.Zr/c1-2-5-9-7-3-6-8(9)4-1;9-7-3-6-8-4-1-2-5-8;1-2;;;/h1-7H;1,4,9H,2-3,6-7H2;1H,2H3;2*1H;/q2*-1;;;;+2/p-2. The van der Waals surface area contributed by atoms with Crippen LogP contribution in [0.4, 0.5) is 0 Å². The maximum atomic E-state index is 8.46. The van der Waals surface area contributed by atoms with Gasteiger partial charge in [-0.25, -0.2) is 11.6 Å². The molecule has 4 heteroatoms. The SMILES string of the molecule is C[CH]=[Zr+2].OCCCC1=[C-]CC=C1.[Cl-].[Cl-].c1ccc2[cH-]ccc2c1. The average molecular weight is 429 g/mol. The molecular formula is C19H22Cl2OZr-2. The number of halogens is 2. The van der Waals surface area contributed by atoms with Crippen LogP contribution in [0.15, 0.2) is 60.2 Å². The van der Waals surface area contributed by atoms with E-state index < -0.39 is 0 Å². The van der Waals surface area contributed by atoms with Crippen LogP contribution in [0.3, 0.4) is 0 Å². The summed E-state index contributed by atoms with van der Waals surface area (Å²) in [5, 5.41) is 11.1. The third kappa shape index (κ3) is 10.9. The van der Waals surface area contributed by atoms with Gasteiger partial charge in [0, 0.05) is 6.61 Å². The summed E-state index contributed by atoms with van der Waals surface area (Å²) in [6.07, 6.45) is 10.2. The number of rotatable bonds is 3. The Kier molecular flexibility index (Phi) is 17.8. The summed E-state index contributed by atoms with van der Waals surface area (Å²) >= 11 is 1.51. The molecule has 3 rings (SSSR count). The minimum absolute atomic E-state index is 0. The summed E-state index contributed by atoms with van der Waals surface area (Å²) in [7, 11) is 0. The molecule has 2 aromatic rings. The Morgan fingerprint density at radius 3 is 2.52 bits per heavy atom. The van der Waals surface area contributed by atoms with Gasteiger partial charge in [-0.05, 0) is 6.42 Å². The zero-order chi connectivity index (χ0) is 15.3. The van der Waals surface area contributed by atoms with Gasteiger partial charge in [-0.3, -0.25) is 6.08 Å². The summed E-state index contributed by atoms with van der Waals surface area (Å²) in [5.74, 6) is 0. The van der Waals surface area contributed by atoms with E-state index in [0.29, 0.717) is 6.61 Å².